The van der Waals surface area contributed by atoms with E-state index in [1.54, 1.807) is 13.2 Å². The molecule has 2 aromatic heterocycles. The number of nitrogens with zero attached hydrogens (tertiary/aromatic N) is 3. The molecule has 0 fully saturated rings. The topological polar surface area (TPSA) is 83.6 Å². The number of aromatic nitrogens is 4. The Morgan fingerprint density at radius 2 is 2.25 bits per heavy atom. The lowest BCUT2D eigenvalue weighted by atomic mass is 10.2. The Bertz CT molecular complexity index is 661. The Kier molecular flexibility index (Phi) is 5.13. The van der Waals surface area contributed by atoms with E-state index in [1.807, 2.05) is 0 Å². The van der Waals surface area contributed by atoms with Crippen LogP contribution in [0.15, 0.2) is 31.7 Å². The van der Waals surface area contributed by atoms with Gasteiger partial charge in [-0.15, -0.1) is 0 Å². The highest BCUT2D eigenvalue weighted by Gasteiger charge is 2.09. The van der Waals surface area contributed by atoms with Crippen molar-refractivity contribution in [1.82, 2.24) is 19.9 Å². The van der Waals surface area contributed by atoms with Crippen molar-refractivity contribution in [2.75, 3.05) is 12.4 Å². The fraction of sp³-hybridized carbons (Fsp3) is 0.333. The minimum atomic E-state index is -0.148. The number of aryl methyl sites for hydroxylation is 1. The summed E-state index contributed by atoms with van der Waals surface area (Å²) in [7, 11) is 1.75. The van der Waals surface area contributed by atoms with Crippen molar-refractivity contribution in [1.29, 1.82) is 0 Å². The fourth-order valence-electron chi connectivity index (χ4n) is 1.55. The largest absolute Gasteiger partial charge is 0.357 e. The lowest BCUT2D eigenvalue weighted by Gasteiger charge is -2.06. The summed E-state index contributed by atoms with van der Waals surface area (Å²) in [5.74, 6) is 0.516. The van der Waals surface area contributed by atoms with Crippen LogP contribution >= 0.6 is 27.7 Å². The summed E-state index contributed by atoms with van der Waals surface area (Å²) in [4.78, 5) is 27.2. The van der Waals surface area contributed by atoms with Gasteiger partial charge in [0.25, 0.3) is 5.56 Å². The molecule has 0 aliphatic carbocycles. The summed E-state index contributed by atoms with van der Waals surface area (Å²) in [6.07, 6.45) is 3.39. The first-order valence-corrected chi connectivity index (χ1v) is 7.71. The molecule has 0 bridgehead atoms. The van der Waals surface area contributed by atoms with Crippen LogP contribution in [0.2, 0.25) is 0 Å². The molecule has 0 radical (unpaired) electrons. The number of H-pyrrole nitrogens is 1. The van der Waals surface area contributed by atoms with Crippen LogP contribution in [0.5, 0.6) is 0 Å². The van der Waals surface area contributed by atoms with Crippen molar-refractivity contribution < 1.29 is 0 Å². The van der Waals surface area contributed by atoms with Crippen LogP contribution in [0.4, 0.5) is 5.95 Å². The maximum Gasteiger partial charge on any atom is 0.251 e. The first-order chi connectivity index (χ1) is 9.62. The first kappa shape index (κ1) is 15.0. The minimum absolute atomic E-state index is 0.148. The number of rotatable bonds is 5. The van der Waals surface area contributed by atoms with Gasteiger partial charge in [0.15, 0.2) is 5.16 Å². The van der Waals surface area contributed by atoms with E-state index in [2.05, 4.69) is 48.1 Å². The molecule has 2 heterocycles. The highest BCUT2D eigenvalue weighted by molar-refractivity contribution is 9.10. The van der Waals surface area contributed by atoms with Crippen molar-refractivity contribution in [2.45, 2.75) is 29.9 Å². The smallest absolute Gasteiger partial charge is 0.251 e. The number of hydrogen-bond acceptors (Lipinski definition) is 6. The van der Waals surface area contributed by atoms with Crippen molar-refractivity contribution in [3.05, 3.63) is 32.8 Å². The number of halogens is 1. The maximum atomic E-state index is 11.6. The summed E-state index contributed by atoms with van der Waals surface area (Å²) in [5.41, 5.74) is 0.641. The zero-order chi connectivity index (χ0) is 14.5. The number of hydrogen-bond donors (Lipinski definition) is 2. The lowest BCUT2D eigenvalue weighted by Crippen LogP contribution is -2.10. The summed E-state index contributed by atoms with van der Waals surface area (Å²) in [6, 6.07) is 1.53. The number of aromatic amines is 1. The molecule has 0 aliphatic rings. The van der Waals surface area contributed by atoms with Crippen molar-refractivity contribution in [3.8, 4) is 0 Å². The summed E-state index contributed by atoms with van der Waals surface area (Å²) in [5, 5.41) is 4.10. The molecule has 0 atom stereocenters. The molecule has 0 unspecified atom stereocenters. The van der Waals surface area contributed by atoms with Crippen LogP contribution in [-0.4, -0.2) is 27.0 Å². The molecule has 0 aromatic carbocycles. The van der Waals surface area contributed by atoms with Crippen LogP contribution in [-0.2, 0) is 6.42 Å². The zero-order valence-electron chi connectivity index (χ0n) is 11.1. The monoisotopic (exact) mass is 355 g/mol. The normalized spacial score (nSPS) is 10.6. The van der Waals surface area contributed by atoms with E-state index in [0.717, 1.165) is 23.0 Å². The van der Waals surface area contributed by atoms with Gasteiger partial charge in [0, 0.05) is 25.0 Å². The molecule has 106 valence electrons. The molecule has 2 rings (SSSR count). The molecule has 0 saturated heterocycles. The second-order valence-electron chi connectivity index (χ2n) is 3.99. The quantitative estimate of drug-likeness (QED) is 0.633. The van der Waals surface area contributed by atoms with E-state index in [4.69, 9.17) is 0 Å². The van der Waals surface area contributed by atoms with E-state index in [-0.39, 0.29) is 5.56 Å². The fourth-order valence-corrected chi connectivity index (χ4v) is 2.76. The molecule has 20 heavy (non-hydrogen) atoms. The van der Waals surface area contributed by atoms with Crippen LogP contribution < -0.4 is 10.9 Å². The highest BCUT2D eigenvalue weighted by atomic mass is 79.9. The van der Waals surface area contributed by atoms with Crippen molar-refractivity contribution >= 4 is 33.6 Å². The minimum Gasteiger partial charge on any atom is -0.357 e. The molecule has 0 amide bonds. The second kappa shape index (κ2) is 6.85. The Hall–Kier alpha value is -1.41. The van der Waals surface area contributed by atoms with Crippen molar-refractivity contribution in [3.63, 3.8) is 0 Å². The Balaban J connectivity index is 2.31. The van der Waals surface area contributed by atoms with Crippen molar-refractivity contribution in [2.24, 2.45) is 0 Å². The van der Waals surface area contributed by atoms with Crippen LogP contribution in [0, 0.1) is 0 Å². The molecular weight excluding hydrogens is 342 g/mol. The third-order valence-electron chi connectivity index (χ3n) is 2.41. The van der Waals surface area contributed by atoms with E-state index >= 15 is 0 Å². The van der Waals surface area contributed by atoms with Gasteiger partial charge in [-0.3, -0.25) is 4.79 Å². The van der Waals surface area contributed by atoms with Gasteiger partial charge in [-0.05, 0) is 34.1 Å². The van der Waals surface area contributed by atoms with Gasteiger partial charge >= 0.3 is 0 Å². The second-order valence-corrected chi connectivity index (χ2v) is 5.82. The Morgan fingerprint density at radius 1 is 1.45 bits per heavy atom. The molecule has 0 aliphatic heterocycles. The predicted molar refractivity (Wildman–Crippen MR) is 82.3 cm³/mol. The van der Waals surface area contributed by atoms with E-state index < -0.39 is 0 Å². The molecule has 8 heteroatoms. The van der Waals surface area contributed by atoms with E-state index in [0.29, 0.717) is 16.1 Å². The van der Waals surface area contributed by atoms with Gasteiger partial charge in [0.05, 0.1) is 4.47 Å². The van der Waals surface area contributed by atoms with Gasteiger partial charge in [0.1, 0.15) is 5.03 Å². The molecular formula is C12H14BrN5OS. The van der Waals surface area contributed by atoms with Gasteiger partial charge in [-0.1, -0.05) is 13.3 Å². The summed E-state index contributed by atoms with van der Waals surface area (Å²) in [6.45, 7) is 2.05. The average Bonchev–Trinajstić information content (AvgIpc) is 2.41. The first-order valence-electron chi connectivity index (χ1n) is 6.10. The Morgan fingerprint density at radius 3 is 2.95 bits per heavy atom. The highest BCUT2D eigenvalue weighted by Crippen LogP contribution is 2.29. The molecule has 2 aromatic rings. The predicted octanol–water partition coefficient (Wildman–Crippen LogP) is 2.47. The van der Waals surface area contributed by atoms with Crippen LogP contribution in [0.25, 0.3) is 0 Å². The van der Waals surface area contributed by atoms with Gasteiger partial charge < -0.3 is 10.3 Å². The van der Waals surface area contributed by atoms with Gasteiger partial charge in [-0.2, -0.15) is 0 Å². The van der Waals surface area contributed by atoms with Crippen LogP contribution in [0.1, 0.15) is 19.0 Å². The third kappa shape index (κ3) is 3.80. The average molecular weight is 356 g/mol. The molecule has 0 saturated carbocycles. The zero-order valence-corrected chi connectivity index (χ0v) is 13.5. The molecule has 0 spiro atoms. The van der Waals surface area contributed by atoms with Crippen LogP contribution in [0.3, 0.4) is 0 Å². The Labute approximate surface area is 129 Å². The molecule has 2 N–H and O–H groups in total. The SMILES string of the molecule is CCCc1cc(=O)[nH]c(Sc2nc(NC)ncc2Br)n1. The van der Waals surface area contributed by atoms with E-state index in [9.17, 15) is 4.79 Å². The van der Waals surface area contributed by atoms with E-state index in [1.165, 1.54) is 17.8 Å². The number of anilines is 1. The van der Waals surface area contributed by atoms with Gasteiger partial charge in [0.2, 0.25) is 5.95 Å². The maximum absolute atomic E-state index is 11.6. The van der Waals surface area contributed by atoms with Gasteiger partial charge in [-0.25, -0.2) is 15.0 Å². The third-order valence-corrected chi connectivity index (χ3v) is 4.14. The summed E-state index contributed by atoms with van der Waals surface area (Å²) < 4.78 is 0.755. The molecule has 6 nitrogen and oxygen atoms in total. The number of nitrogens with one attached hydrogen (secondary N) is 2. The lowest BCUT2D eigenvalue weighted by molar-refractivity contribution is 0.814. The summed E-state index contributed by atoms with van der Waals surface area (Å²) >= 11 is 4.68. The standard InChI is InChI=1S/C12H14BrN5OS/c1-3-4-7-5-9(19)17-12(16-7)20-10-8(13)6-15-11(14-2)18-10/h5-6H,3-4H2,1-2H3,(H,14,15,18)(H,16,17,19).